The van der Waals surface area contributed by atoms with Crippen molar-refractivity contribution < 1.29 is 9.59 Å². The lowest BCUT2D eigenvalue weighted by Crippen LogP contribution is -2.36. The summed E-state index contributed by atoms with van der Waals surface area (Å²) in [4.78, 5) is 26.8. The summed E-state index contributed by atoms with van der Waals surface area (Å²) >= 11 is 0. The van der Waals surface area contributed by atoms with Crippen LogP contribution < -0.4 is 5.32 Å². The van der Waals surface area contributed by atoms with E-state index in [9.17, 15) is 9.59 Å². The van der Waals surface area contributed by atoms with Gasteiger partial charge in [0.25, 0.3) is 5.91 Å². The first-order valence-corrected chi connectivity index (χ1v) is 9.26. The molecule has 1 N–H and O–H groups in total. The van der Waals surface area contributed by atoms with Crippen LogP contribution in [0.4, 0.5) is 0 Å². The van der Waals surface area contributed by atoms with Gasteiger partial charge in [0, 0.05) is 17.7 Å². The molecule has 1 atom stereocenters. The number of carbonyl (C=O) groups excluding carboxylic acids is 2. The lowest BCUT2D eigenvalue weighted by molar-refractivity contribution is -0.131. The van der Waals surface area contributed by atoms with E-state index in [4.69, 9.17) is 0 Å². The molecule has 0 fully saturated rings. The molecule has 2 aromatic carbocycles. The quantitative estimate of drug-likeness (QED) is 0.831. The maximum atomic E-state index is 12.9. The van der Waals surface area contributed by atoms with Crippen LogP contribution in [-0.2, 0) is 4.79 Å². The molecule has 138 valence electrons. The summed E-state index contributed by atoms with van der Waals surface area (Å²) in [5, 5.41) is 2.92. The molecule has 0 bridgehead atoms. The average Bonchev–Trinajstić information content (AvgIpc) is 2.97. The number of nitrogens with one attached hydrogen (secondary N) is 1. The minimum absolute atomic E-state index is 0.00747. The molecular formula is C23H24N2O2. The van der Waals surface area contributed by atoms with Crippen molar-refractivity contribution >= 4 is 11.8 Å². The molecule has 0 saturated heterocycles. The van der Waals surface area contributed by atoms with Crippen LogP contribution in [0.5, 0.6) is 0 Å². The second kappa shape index (κ2) is 8.55. The molecule has 27 heavy (non-hydrogen) atoms. The Balaban J connectivity index is 1.69. The van der Waals surface area contributed by atoms with Gasteiger partial charge in [-0.25, -0.2) is 0 Å². The summed E-state index contributed by atoms with van der Waals surface area (Å²) in [5.74, 6) is 6.46. The fourth-order valence-electron chi connectivity index (χ4n) is 3.24. The van der Waals surface area contributed by atoms with Crippen molar-refractivity contribution in [1.29, 1.82) is 0 Å². The molecule has 0 unspecified atom stereocenters. The zero-order chi connectivity index (χ0) is 19.2. The molecule has 1 heterocycles. The lowest BCUT2D eigenvalue weighted by Gasteiger charge is -2.24. The van der Waals surface area contributed by atoms with E-state index in [1.165, 1.54) is 0 Å². The Morgan fingerprint density at radius 2 is 1.81 bits per heavy atom. The third-order valence-corrected chi connectivity index (χ3v) is 4.48. The highest BCUT2D eigenvalue weighted by molar-refractivity contribution is 5.99. The number of nitrogens with zero attached hydrogens (tertiary/aromatic N) is 1. The van der Waals surface area contributed by atoms with Crippen LogP contribution >= 0.6 is 0 Å². The van der Waals surface area contributed by atoms with Gasteiger partial charge in [-0.1, -0.05) is 62.1 Å². The normalized spacial score (nSPS) is 14.9. The van der Waals surface area contributed by atoms with Gasteiger partial charge in [-0.05, 0) is 29.7 Å². The zero-order valence-electron chi connectivity index (χ0n) is 15.7. The molecule has 0 spiro atoms. The van der Waals surface area contributed by atoms with Gasteiger partial charge in [-0.3, -0.25) is 9.59 Å². The summed E-state index contributed by atoms with van der Waals surface area (Å²) < 4.78 is 0. The Morgan fingerprint density at radius 3 is 2.56 bits per heavy atom. The van der Waals surface area contributed by atoms with Crippen molar-refractivity contribution in [3.8, 4) is 11.8 Å². The fourth-order valence-corrected chi connectivity index (χ4v) is 3.24. The third-order valence-electron chi connectivity index (χ3n) is 4.48. The highest BCUT2D eigenvalue weighted by Gasteiger charge is 2.30. The summed E-state index contributed by atoms with van der Waals surface area (Å²) in [5.41, 5.74) is 2.50. The molecule has 1 aliphatic heterocycles. The first-order chi connectivity index (χ1) is 13.0. The van der Waals surface area contributed by atoms with Crippen molar-refractivity contribution in [1.82, 2.24) is 10.2 Å². The van der Waals surface area contributed by atoms with Crippen LogP contribution in [0.3, 0.4) is 0 Å². The Labute approximate surface area is 160 Å². The standard InChI is InChI=1S/C23H24N2O2/c1-17(2)16-25(14-8-11-18-9-4-3-5-10-18)22(26)15-21-19-12-6-7-13-20(19)23(27)24-21/h3-7,9-10,12-13,17,21H,14-16H2,1-2H3,(H,24,27)/t21-/m0/s1. The van der Waals surface area contributed by atoms with Gasteiger partial charge in [0.1, 0.15) is 0 Å². The van der Waals surface area contributed by atoms with Crippen molar-refractivity contribution in [2.75, 3.05) is 13.1 Å². The monoisotopic (exact) mass is 360 g/mol. The second-order valence-electron chi connectivity index (χ2n) is 7.15. The smallest absolute Gasteiger partial charge is 0.252 e. The predicted octanol–water partition coefficient (Wildman–Crippen LogP) is 3.40. The molecule has 0 saturated carbocycles. The van der Waals surface area contributed by atoms with Gasteiger partial charge in [0.2, 0.25) is 5.91 Å². The van der Waals surface area contributed by atoms with E-state index in [0.29, 0.717) is 24.6 Å². The van der Waals surface area contributed by atoms with E-state index < -0.39 is 0 Å². The molecule has 1 aliphatic rings. The van der Waals surface area contributed by atoms with Crippen LogP contribution in [-0.4, -0.2) is 29.8 Å². The summed E-state index contributed by atoms with van der Waals surface area (Å²) in [7, 11) is 0. The number of fused-ring (bicyclic) bond motifs is 1. The Hall–Kier alpha value is -3.06. The van der Waals surface area contributed by atoms with Crippen LogP contribution in [0, 0.1) is 17.8 Å². The summed E-state index contributed by atoms with van der Waals surface area (Å²) in [6, 6.07) is 16.9. The first-order valence-electron chi connectivity index (χ1n) is 9.26. The topological polar surface area (TPSA) is 49.4 Å². The SMILES string of the molecule is CC(C)CN(CC#Cc1ccccc1)C(=O)C[C@@H]1NC(=O)c2ccccc21. The first kappa shape index (κ1) is 18.7. The van der Waals surface area contributed by atoms with Gasteiger partial charge < -0.3 is 10.2 Å². The summed E-state index contributed by atoms with van der Waals surface area (Å²) in [6.45, 7) is 5.19. The average molecular weight is 360 g/mol. The van der Waals surface area contributed by atoms with Crippen LogP contribution in [0.15, 0.2) is 54.6 Å². The largest absolute Gasteiger partial charge is 0.345 e. The molecule has 3 rings (SSSR count). The highest BCUT2D eigenvalue weighted by Crippen LogP contribution is 2.28. The molecular weight excluding hydrogens is 336 g/mol. The van der Waals surface area contributed by atoms with Gasteiger partial charge >= 0.3 is 0 Å². The van der Waals surface area contributed by atoms with E-state index >= 15 is 0 Å². The Bertz CT molecular complexity index is 878. The third kappa shape index (κ3) is 4.77. The Kier molecular flexibility index (Phi) is 5.93. The molecule has 0 radical (unpaired) electrons. The number of benzene rings is 2. The molecule has 2 aromatic rings. The van der Waals surface area contributed by atoms with Gasteiger partial charge in [0.15, 0.2) is 0 Å². The number of rotatable bonds is 5. The van der Waals surface area contributed by atoms with Gasteiger partial charge in [-0.15, -0.1) is 0 Å². The van der Waals surface area contributed by atoms with Crippen molar-refractivity contribution in [3.05, 3.63) is 71.3 Å². The maximum Gasteiger partial charge on any atom is 0.252 e. The number of amides is 2. The fraction of sp³-hybridized carbons (Fsp3) is 0.304. The van der Waals surface area contributed by atoms with Gasteiger partial charge in [-0.2, -0.15) is 0 Å². The van der Waals surface area contributed by atoms with Crippen molar-refractivity contribution in [2.24, 2.45) is 5.92 Å². The lowest BCUT2D eigenvalue weighted by atomic mass is 10.0. The number of carbonyl (C=O) groups is 2. The predicted molar refractivity (Wildman–Crippen MR) is 106 cm³/mol. The van der Waals surface area contributed by atoms with E-state index in [1.807, 2.05) is 48.5 Å². The maximum absolute atomic E-state index is 12.9. The molecule has 0 aromatic heterocycles. The van der Waals surface area contributed by atoms with E-state index in [-0.39, 0.29) is 24.3 Å². The molecule has 4 heteroatoms. The molecule has 4 nitrogen and oxygen atoms in total. The van der Waals surface area contributed by atoms with E-state index in [2.05, 4.69) is 31.0 Å². The van der Waals surface area contributed by atoms with Crippen molar-refractivity contribution in [2.45, 2.75) is 26.3 Å². The van der Waals surface area contributed by atoms with Crippen LogP contribution in [0.25, 0.3) is 0 Å². The van der Waals surface area contributed by atoms with Crippen LogP contribution in [0.1, 0.15) is 47.8 Å². The minimum Gasteiger partial charge on any atom is -0.345 e. The van der Waals surface area contributed by atoms with E-state index in [0.717, 1.165) is 11.1 Å². The van der Waals surface area contributed by atoms with Gasteiger partial charge in [0.05, 0.1) is 19.0 Å². The van der Waals surface area contributed by atoms with Crippen molar-refractivity contribution in [3.63, 3.8) is 0 Å². The zero-order valence-corrected chi connectivity index (χ0v) is 15.7. The minimum atomic E-state index is -0.266. The molecule has 2 amide bonds. The van der Waals surface area contributed by atoms with E-state index in [1.54, 1.807) is 11.0 Å². The Morgan fingerprint density at radius 1 is 1.11 bits per heavy atom. The second-order valence-corrected chi connectivity index (χ2v) is 7.15. The molecule has 0 aliphatic carbocycles. The number of hydrogen-bond donors (Lipinski definition) is 1. The van der Waals surface area contributed by atoms with Crippen LogP contribution in [0.2, 0.25) is 0 Å². The number of hydrogen-bond acceptors (Lipinski definition) is 2. The highest BCUT2D eigenvalue weighted by atomic mass is 16.2. The summed E-state index contributed by atoms with van der Waals surface area (Å²) in [6.07, 6.45) is 0.252.